The van der Waals surface area contributed by atoms with Gasteiger partial charge in [-0.15, -0.1) is 0 Å². The van der Waals surface area contributed by atoms with E-state index in [0.29, 0.717) is 11.6 Å². The van der Waals surface area contributed by atoms with Gasteiger partial charge in [0.2, 0.25) is 0 Å². The highest BCUT2D eigenvalue weighted by Crippen LogP contribution is 2.23. The second-order valence-corrected chi connectivity index (χ2v) is 5.59. The fraction of sp³-hybridized carbons (Fsp3) is 0.625. The van der Waals surface area contributed by atoms with Crippen LogP contribution in [0.1, 0.15) is 63.6 Å². The van der Waals surface area contributed by atoms with E-state index in [1.165, 1.54) is 19.3 Å². The maximum atomic E-state index is 11.0. The molecule has 0 spiro atoms. The van der Waals surface area contributed by atoms with Gasteiger partial charge in [-0.1, -0.05) is 38.3 Å². The molecule has 1 aromatic rings. The molecule has 2 unspecified atom stereocenters. The van der Waals surface area contributed by atoms with Gasteiger partial charge in [-0.2, -0.15) is 0 Å². The molecule has 0 heterocycles. The molecule has 0 saturated carbocycles. The van der Waals surface area contributed by atoms with Crippen molar-refractivity contribution >= 4 is 5.69 Å². The monoisotopic (exact) mass is 278 g/mol. The van der Waals surface area contributed by atoms with Crippen LogP contribution in [-0.2, 0) is 0 Å². The molecule has 0 amide bonds. The van der Waals surface area contributed by atoms with Crippen LogP contribution in [0.2, 0.25) is 0 Å². The highest BCUT2D eigenvalue weighted by atomic mass is 16.6. The molecule has 1 N–H and O–H groups in total. The summed E-state index contributed by atoms with van der Waals surface area (Å²) >= 11 is 0. The largest absolute Gasteiger partial charge is 0.308 e. The topological polar surface area (TPSA) is 55.2 Å². The molecule has 0 aliphatic carbocycles. The van der Waals surface area contributed by atoms with Crippen molar-refractivity contribution < 1.29 is 4.92 Å². The summed E-state index contributed by atoms with van der Waals surface area (Å²) in [6, 6.07) is 6.04. The van der Waals surface area contributed by atoms with Crippen molar-refractivity contribution in [3.8, 4) is 0 Å². The molecule has 4 nitrogen and oxygen atoms in total. The summed E-state index contributed by atoms with van der Waals surface area (Å²) in [5.74, 6) is 0. The molecule has 0 aliphatic rings. The maximum Gasteiger partial charge on any atom is 0.272 e. The van der Waals surface area contributed by atoms with Gasteiger partial charge in [0.05, 0.1) is 4.92 Å². The number of aryl methyl sites for hydroxylation is 1. The van der Waals surface area contributed by atoms with Crippen LogP contribution >= 0.6 is 0 Å². The number of nitrogens with one attached hydrogen (secondary N) is 1. The van der Waals surface area contributed by atoms with E-state index >= 15 is 0 Å². The van der Waals surface area contributed by atoms with Gasteiger partial charge in [0.1, 0.15) is 0 Å². The first-order valence-corrected chi connectivity index (χ1v) is 7.46. The van der Waals surface area contributed by atoms with Crippen LogP contribution in [-0.4, -0.2) is 11.0 Å². The van der Waals surface area contributed by atoms with Crippen molar-refractivity contribution in [2.24, 2.45) is 0 Å². The zero-order valence-corrected chi connectivity index (χ0v) is 13.0. The Morgan fingerprint density at radius 1 is 1.30 bits per heavy atom. The summed E-state index contributed by atoms with van der Waals surface area (Å²) in [6.07, 6.45) is 4.86. The van der Waals surface area contributed by atoms with E-state index < -0.39 is 0 Å². The van der Waals surface area contributed by atoms with Gasteiger partial charge >= 0.3 is 0 Å². The van der Waals surface area contributed by atoms with Crippen LogP contribution in [0.3, 0.4) is 0 Å². The second-order valence-electron chi connectivity index (χ2n) is 5.59. The van der Waals surface area contributed by atoms with Crippen LogP contribution in [0, 0.1) is 17.0 Å². The zero-order chi connectivity index (χ0) is 15.1. The third kappa shape index (κ3) is 4.93. The van der Waals surface area contributed by atoms with Crippen LogP contribution in [0.5, 0.6) is 0 Å². The SMILES string of the molecule is CCCCCC(C)NC(C)c1ccc(C)c([N+](=O)[O-])c1. The van der Waals surface area contributed by atoms with Crippen LogP contribution in [0.15, 0.2) is 18.2 Å². The van der Waals surface area contributed by atoms with Gasteiger partial charge < -0.3 is 5.32 Å². The lowest BCUT2D eigenvalue weighted by atomic mass is 10.0. The van der Waals surface area contributed by atoms with Crippen molar-refractivity contribution in [1.82, 2.24) is 5.32 Å². The van der Waals surface area contributed by atoms with Crippen molar-refractivity contribution in [2.45, 2.75) is 65.5 Å². The van der Waals surface area contributed by atoms with E-state index in [4.69, 9.17) is 0 Å². The highest BCUT2D eigenvalue weighted by Gasteiger charge is 2.15. The van der Waals surface area contributed by atoms with E-state index in [-0.39, 0.29) is 16.7 Å². The number of nitro groups is 1. The van der Waals surface area contributed by atoms with E-state index in [1.807, 2.05) is 12.1 Å². The number of nitrogens with zero attached hydrogens (tertiary/aromatic N) is 1. The summed E-state index contributed by atoms with van der Waals surface area (Å²) in [5, 5.41) is 14.5. The highest BCUT2D eigenvalue weighted by molar-refractivity contribution is 5.43. The Morgan fingerprint density at radius 3 is 2.60 bits per heavy atom. The van der Waals surface area contributed by atoms with E-state index in [1.54, 1.807) is 13.0 Å². The summed E-state index contributed by atoms with van der Waals surface area (Å²) in [6.45, 7) is 8.21. The summed E-state index contributed by atoms with van der Waals surface area (Å²) in [7, 11) is 0. The standard InChI is InChI=1S/C16H26N2O2/c1-5-6-7-8-13(3)17-14(4)15-10-9-12(2)16(11-15)18(19)20/h9-11,13-14,17H,5-8H2,1-4H3. The third-order valence-electron chi connectivity index (χ3n) is 3.71. The summed E-state index contributed by atoms with van der Waals surface area (Å²) in [4.78, 5) is 10.7. The van der Waals surface area contributed by atoms with Gasteiger partial charge in [0.25, 0.3) is 5.69 Å². The molecule has 0 radical (unpaired) electrons. The average Bonchev–Trinajstić information content (AvgIpc) is 2.39. The molecule has 112 valence electrons. The molecule has 0 fully saturated rings. The normalized spacial score (nSPS) is 14.0. The summed E-state index contributed by atoms with van der Waals surface area (Å²) in [5.41, 5.74) is 1.89. The molecule has 0 bridgehead atoms. The number of hydrogen-bond acceptors (Lipinski definition) is 3. The van der Waals surface area contributed by atoms with Gasteiger partial charge in [-0.05, 0) is 32.8 Å². The molecular weight excluding hydrogens is 252 g/mol. The van der Waals surface area contributed by atoms with Crippen molar-refractivity contribution in [1.29, 1.82) is 0 Å². The number of benzene rings is 1. The van der Waals surface area contributed by atoms with Crippen LogP contribution < -0.4 is 5.32 Å². The number of hydrogen-bond donors (Lipinski definition) is 1. The molecule has 1 aromatic carbocycles. The number of unbranched alkanes of at least 4 members (excludes halogenated alkanes) is 2. The Morgan fingerprint density at radius 2 is 2.00 bits per heavy atom. The molecule has 4 heteroatoms. The molecule has 0 aromatic heterocycles. The average molecular weight is 278 g/mol. The molecule has 1 rings (SSSR count). The smallest absolute Gasteiger partial charge is 0.272 e. The fourth-order valence-electron chi connectivity index (χ4n) is 2.40. The van der Waals surface area contributed by atoms with Crippen molar-refractivity contribution in [2.75, 3.05) is 0 Å². The van der Waals surface area contributed by atoms with E-state index in [2.05, 4.69) is 26.1 Å². The molecule has 20 heavy (non-hydrogen) atoms. The third-order valence-corrected chi connectivity index (χ3v) is 3.71. The number of nitro benzene ring substituents is 1. The van der Waals surface area contributed by atoms with Crippen LogP contribution in [0.4, 0.5) is 5.69 Å². The minimum Gasteiger partial charge on any atom is -0.308 e. The predicted octanol–water partition coefficient (Wildman–Crippen LogP) is 4.52. The maximum absolute atomic E-state index is 11.0. The first kappa shape index (κ1) is 16.6. The molecule has 0 saturated heterocycles. The Labute approximate surface area is 121 Å². The molecular formula is C16H26N2O2. The lowest BCUT2D eigenvalue weighted by Gasteiger charge is -2.20. The fourth-order valence-corrected chi connectivity index (χ4v) is 2.40. The first-order chi connectivity index (χ1) is 9.45. The minimum atomic E-state index is -0.309. The molecule has 2 atom stereocenters. The number of rotatable bonds is 8. The molecule has 0 aliphatic heterocycles. The van der Waals surface area contributed by atoms with Gasteiger partial charge in [-0.25, -0.2) is 0 Å². The van der Waals surface area contributed by atoms with Crippen molar-refractivity contribution in [3.63, 3.8) is 0 Å². The predicted molar refractivity (Wildman–Crippen MR) is 83.0 cm³/mol. The lowest BCUT2D eigenvalue weighted by molar-refractivity contribution is -0.385. The van der Waals surface area contributed by atoms with E-state index in [9.17, 15) is 10.1 Å². The summed E-state index contributed by atoms with van der Waals surface area (Å²) < 4.78 is 0. The first-order valence-electron chi connectivity index (χ1n) is 7.46. The quantitative estimate of drug-likeness (QED) is 0.432. The Hall–Kier alpha value is -1.42. The van der Waals surface area contributed by atoms with Gasteiger partial charge in [0, 0.05) is 23.7 Å². The Kier molecular flexibility index (Phi) is 6.65. The Balaban J connectivity index is 2.65. The Bertz CT molecular complexity index is 446. The minimum absolute atomic E-state index is 0.130. The lowest BCUT2D eigenvalue weighted by Crippen LogP contribution is -2.28. The zero-order valence-electron chi connectivity index (χ0n) is 13.0. The van der Waals surface area contributed by atoms with Gasteiger partial charge in [-0.3, -0.25) is 10.1 Å². The van der Waals surface area contributed by atoms with Crippen molar-refractivity contribution in [3.05, 3.63) is 39.4 Å². The van der Waals surface area contributed by atoms with Crippen LogP contribution in [0.25, 0.3) is 0 Å². The van der Waals surface area contributed by atoms with Gasteiger partial charge in [0.15, 0.2) is 0 Å². The second kappa shape index (κ2) is 8.00. The van der Waals surface area contributed by atoms with E-state index in [0.717, 1.165) is 12.0 Å².